The van der Waals surface area contributed by atoms with E-state index < -0.39 is 8.68 Å². The Balaban J connectivity index is 2.79. The molecule has 1 aromatic carbocycles. The summed E-state index contributed by atoms with van der Waals surface area (Å²) in [5.41, 5.74) is -0.182. The Morgan fingerprint density at radius 2 is 1.64 bits per heavy atom. The van der Waals surface area contributed by atoms with Gasteiger partial charge in [0.05, 0.1) is 0 Å². The van der Waals surface area contributed by atoms with Gasteiger partial charge in [-0.1, -0.05) is 12.1 Å². The molecule has 0 aliphatic heterocycles. The van der Waals surface area contributed by atoms with Gasteiger partial charge in [0.1, 0.15) is 11.4 Å². The average Bonchev–Trinajstić information content (AvgIpc) is 2.02. The molecule has 0 fully saturated rings. The zero-order chi connectivity index (χ0) is 10.8. The molecular weight excluding hydrogens is 192 g/mol. The summed E-state index contributed by atoms with van der Waals surface area (Å²) in [5, 5.41) is 0.899. The van der Waals surface area contributed by atoms with Crippen LogP contribution >= 0.6 is 0 Å². The van der Waals surface area contributed by atoms with Crippen molar-refractivity contribution in [2.75, 3.05) is 0 Å². The quantitative estimate of drug-likeness (QED) is 0.696. The number of rotatable bonds is 2. The third-order valence-corrected chi connectivity index (χ3v) is 2.83. The lowest BCUT2D eigenvalue weighted by Gasteiger charge is -2.21. The maximum atomic E-state index is 11.2. The summed E-state index contributed by atoms with van der Waals surface area (Å²) in [4.78, 5) is 0. The number of ether oxygens (including phenoxy) is 1. The minimum atomic E-state index is -1.58. The lowest BCUT2D eigenvalue weighted by molar-refractivity contribution is 0.131. The molecule has 0 aliphatic carbocycles. The lowest BCUT2D eigenvalue weighted by Crippen LogP contribution is -2.23. The molecule has 0 atom stereocenters. The van der Waals surface area contributed by atoms with Crippen LogP contribution in [0.3, 0.4) is 0 Å². The Kier molecular flexibility index (Phi) is 3.21. The zero-order valence-electron chi connectivity index (χ0n) is 9.13. The lowest BCUT2D eigenvalue weighted by atomic mass is 10.2. The summed E-state index contributed by atoms with van der Waals surface area (Å²) in [6, 6.07) is 7.46. The van der Waals surface area contributed by atoms with Crippen molar-refractivity contribution in [1.82, 2.24) is 0 Å². The van der Waals surface area contributed by atoms with Crippen LogP contribution in [0.25, 0.3) is 0 Å². The highest BCUT2D eigenvalue weighted by atomic mass is 28.3. The first kappa shape index (κ1) is 11.1. The maximum Gasteiger partial charge on any atom is 0.308 e. The van der Waals surface area contributed by atoms with Crippen LogP contribution in [0.15, 0.2) is 24.3 Å². The van der Waals surface area contributed by atoms with Crippen molar-refractivity contribution in [3.63, 3.8) is 0 Å². The zero-order valence-corrected chi connectivity index (χ0v) is 10.1. The summed E-state index contributed by atoms with van der Waals surface area (Å²) in [7, 11) is -1.58. The van der Waals surface area contributed by atoms with E-state index in [0.717, 1.165) is 10.9 Å². The molecule has 0 spiro atoms. The van der Waals surface area contributed by atoms with E-state index in [4.69, 9.17) is 4.74 Å². The second kappa shape index (κ2) is 4.05. The van der Waals surface area contributed by atoms with Crippen LogP contribution in [0, 0.1) is 0 Å². The first-order chi connectivity index (χ1) is 6.38. The van der Waals surface area contributed by atoms with Crippen LogP contribution in [0.1, 0.15) is 20.8 Å². The van der Waals surface area contributed by atoms with E-state index in [1.807, 2.05) is 45.0 Å². The van der Waals surface area contributed by atoms with Crippen molar-refractivity contribution in [2.24, 2.45) is 0 Å². The van der Waals surface area contributed by atoms with Gasteiger partial charge in [0.2, 0.25) is 0 Å². The molecule has 0 saturated carbocycles. The topological polar surface area (TPSA) is 26.3 Å². The third kappa shape index (κ3) is 3.42. The minimum Gasteiger partial charge on any atom is -0.488 e. The van der Waals surface area contributed by atoms with Gasteiger partial charge in [-0.05, 0) is 44.6 Å². The predicted molar refractivity (Wildman–Crippen MR) is 58.8 cm³/mol. The Morgan fingerprint density at radius 1 is 1.14 bits per heavy atom. The average molecular weight is 208 g/mol. The normalized spacial score (nSPS) is 11.1. The Bertz CT molecular complexity index is 322. The van der Waals surface area contributed by atoms with Crippen LogP contribution in [-0.2, 0) is 4.46 Å². The van der Waals surface area contributed by atoms with Crippen molar-refractivity contribution < 1.29 is 9.20 Å². The van der Waals surface area contributed by atoms with E-state index in [0.29, 0.717) is 0 Å². The van der Waals surface area contributed by atoms with Gasteiger partial charge in [0, 0.05) is 0 Å². The van der Waals surface area contributed by atoms with Crippen LogP contribution in [0.2, 0.25) is 6.55 Å². The van der Waals surface area contributed by atoms with Gasteiger partial charge in [0.25, 0.3) is 0 Å². The highest BCUT2D eigenvalue weighted by Gasteiger charge is 2.11. The molecule has 3 heteroatoms. The Hall–Kier alpha value is -0.963. The predicted octanol–water partition coefficient (Wildman–Crippen LogP) is 2.12. The van der Waals surface area contributed by atoms with Crippen LogP contribution < -0.4 is 9.92 Å². The fourth-order valence-electron chi connectivity index (χ4n) is 1.11. The van der Waals surface area contributed by atoms with E-state index in [1.54, 1.807) is 6.55 Å². The van der Waals surface area contributed by atoms with Crippen LogP contribution in [-0.4, -0.2) is 14.3 Å². The van der Waals surface area contributed by atoms with E-state index in [-0.39, 0.29) is 5.60 Å². The molecule has 0 radical (unpaired) electrons. The van der Waals surface area contributed by atoms with Crippen LogP contribution in [0.5, 0.6) is 5.75 Å². The van der Waals surface area contributed by atoms with Gasteiger partial charge in [-0.15, -0.1) is 0 Å². The van der Waals surface area contributed by atoms with E-state index in [2.05, 4.69) is 0 Å². The van der Waals surface area contributed by atoms with Gasteiger partial charge < -0.3 is 9.20 Å². The highest BCUT2D eigenvalue weighted by Crippen LogP contribution is 2.15. The summed E-state index contributed by atoms with van der Waals surface area (Å²) < 4.78 is 16.8. The third-order valence-electron chi connectivity index (χ3n) is 1.68. The van der Waals surface area contributed by atoms with E-state index in [9.17, 15) is 4.46 Å². The van der Waals surface area contributed by atoms with Gasteiger partial charge in [-0.25, -0.2) is 0 Å². The number of hydrogen-bond acceptors (Lipinski definition) is 2. The molecule has 0 saturated heterocycles. The molecule has 1 rings (SSSR count). The molecule has 0 unspecified atom stereocenters. The van der Waals surface area contributed by atoms with E-state index >= 15 is 0 Å². The molecule has 0 N–H and O–H groups in total. The molecule has 14 heavy (non-hydrogen) atoms. The summed E-state index contributed by atoms with van der Waals surface area (Å²) in [6.07, 6.45) is 0. The van der Waals surface area contributed by atoms with E-state index in [1.165, 1.54) is 0 Å². The second-order valence-corrected chi connectivity index (χ2v) is 5.98. The van der Waals surface area contributed by atoms with Crippen molar-refractivity contribution in [3.8, 4) is 5.75 Å². The first-order valence-electron chi connectivity index (χ1n) is 4.68. The number of benzene rings is 1. The molecule has 1 aromatic rings. The molecule has 0 bridgehead atoms. The maximum absolute atomic E-state index is 11.2. The molecule has 0 aromatic heterocycles. The molecule has 0 amide bonds. The van der Waals surface area contributed by atoms with Crippen molar-refractivity contribution in [3.05, 3.63) is 24.3 Å². The van der Waals surface area contributed by atoms with Crippen molar-refractivity contribution in [1.29, 1.82) is 0 Å². The molecule has 0 heterocycles. The van der Waals surface area contributed by atoms with Gasteiger partial charge in [0.15, 0.2) is 0 Å². The van der Waals surface area contributed by atoms with Gasteiger partial charge in [-0.3, -0.25) is 0 Å². The Morgan fingerprint density at radius 3 is 2.00 bits per heavy atom. The van der Waals surface area contributed by atoms with Crippen molar-refractivity contribution in [2.45, 2.75) is 32.9 Å². The first-order valence-corrected chi connectivity index (χ1v) is 6.59. The molecule has 76 valence electrons. The monoisotopic (exact) mass is 208 g/mol. The SMILES string of the molecule is C[Si](=O)c1ccc(OC(C)(C)C)cc1. The Labute approximate surface area is 86.6 Å². The second-order valence-electron chi connectivity index (χ2n) is 4.29. The summed E-state index contributed by atoms with van der Waals surface area (Å²) in [6.45, 7) is 7.75. The highest BCUT2D eigenvalue weighted by molar-refractivity contribution is 6.58. The minimum absolute atomic E-state index is 0.182. The van der Waals surface area contributed by atoms with Gasteiger partial charge in [-0.2, -0.15) is 0 Å². The smallest absolute Gasteiger partial charge is 0.308 e. The number of hydrogen-bond donors (Lipinski definition) is 0. The summed E-state index contributed by atoms with van der Waals surface area (Å²) >= 11 is 0. The van der Waals surface area contributed by atoms with Crippen molar-refractivity contribution >= 4 is 13.9 Å². The molecule has 0 aliphatic rings. The largest absolute Gasteiger partial charge is 0.488 e. The van der Waals surface area contributed by atoms with Crippen LogP contribution in [0.4, 0.5) is 0 Å². The molecular formula is C11H16O2Si. The molecule has 2 nitrogen and oxygen atoms in total. The standard InChI is InChI=1S/C11H16O2Si/c1-11(2,3)13-9-5-7-10(8-6-9)14(4)12/h5-8H,1-4H3. The summed E-state index contributed by atoms with van der Waals surface area (Å²) in [5.74, 6) is 0.824. The fourth-order valence-corrected chi connectivity index (χ4v) is 1.75. The fraction of sp³-hybridized carbons (Fsp3) is 0.455. The van der Waals surface area contributed by atoms with Gasteiger partial charge >= 0.3 is 8.68 Å².